The lowest BCUT2D eigenvalue weighted by Gasteiger charge is -2.28. The lowest BCUT2D eigenvalue weighted by molar-refractivity contribution is -0.145. The van der Waals surface area contributed by atoms with E-state index in [9.17, 15) is 4.79 Å². The first-order valence-electron chi connectivity index (χ1n) is 7.52. The van der Waals surface area contributed by atoms with Crippen molar-refractivity contribution in [2.24, 2.45) is 5.41 Å². The Morgan fingerprint density at radius 2 is 2.11 bits per heavy atom. The fourth-order valence-electron chi connectivity index (χ4n) is 2.88. The van der Waals surface area contributed by atoms with Crippen molar-refractivity contribution in [3.8, 4) is 0 Å². The van der Waals surface area contributed by atoms with Crippen LogP contribution in [-0.2, 0) is 9.53 Å². The molecule has 1 spiro atoms. The minimum atomic E-state index is -0.0449. The van der Waals surface area contributed by atoms with Crippen LogP contribution in [0.5, 0.6) is 0 Å². The largest absolute Gasteiger partial charge is 0.461 e. The summed E-state index contributed by atoms with van der Waals surface area (Å²) in [4.78, 5) is 14.2. The Morgan fingerprint density at radius 3 is 2.61 bits per heavy atom. The topological polar surface area (TPSA) is 29.5 Å². The van der Waals surface area contributed by atoms with Gasteiger partial charge in [-0.2, -0.15) is 0 Å². The van der Waals surface area contributed by atoms with Crippen LogP contribution in [-0.4, -0.2) is 36.1 Å². The van der Waals surface area contributed by atoms with E-state index in [1.165, 1.54) is 19.3 Å². The third kappa shape index (κ3) is 3.05. The molecule has 1 aliphatic carbocycles. The standard InChI is InChI=1S/C15H27NO2/c1-4-5-6-9-16(12(2)3)11-13-10-15(7-8-15)14(17)18-13/h12-13H,4-11H2,1-3H3/t13-/m1/s1. The molecule has 2 fully saturated rings. The molecule has 18 heavy (non-hydrogen) atoms. The highest BCUT2D eigenvalue weighted by atomic mass is 16.6. The molecular weight excluding hydrogens is 226 g/mol. The van der Waals surface area contributed by atoms with Gasteiger partial charge in [-0.05, 0) is 39.7 Å². The van der Waals surface area contributed by atoms with Gasteiger partial charge in [-0.1, -0.05) is 19.8 Å². The van der Waals surface area contributed by atoms with Crippen molar-refractivity contribution in [2.45, 2.75) is 71.4 Å². The number of carbonyl (C=O) groups is 1. The second-order valence-electron chi connectivity index (χ2n) is 6.31. The molecule has 0 aromatic rings. The molecule has 104 valence electrons. The van der Waals surface area contributed by atoms with Crippen molar-refractivity contribution >= 4 is 5.97 Å². The Bertz CT molecular complexity index is 297. The Morgan fingerprint density at radius 1 is 1.39 bits per heavy atom. The second-order valence-corrected chi connectivity index (χ2v) is 6.31. The van der Waals surface area contributed by atoms with E-state index >= 15 is 0 Å². The molecule has 1 saturated carbocycles. The number of hydrogen-bond acceptors (Lipinski definition) is 3. The molecule has 0 N–H and O–H groups in total. The zero-order chi connectivity index (χ0) is 13.2. The van der Waals surface area contributed by atoms with Crippen molar-refractivity contribution in [1.82, 2.24) is 4.90 Å². The molecule has 2 rings (SSSR count). The van der Waals surface area contributed by atoms with Crippen LogP contribution in [0.15, 0.2) is 0 Å². The zero-order valence-corrected chi connectivity index (χ0v) is 12.1. The second kappa shape index (κ2) is 5.60. The van der Waals surface area contributed by atoms with Gasteiger partial charge >= 0.3 is 5.97 Å². The predicted molar refractivity (Wildman–Crippen MR) is 72.4 cm³/mol. The van der Waals surface area contributed by atoms with Crippen molar-refractivity contribution < 1.29 is 9.53 Å². The summed E-state index contributed by atoms with van der Waals surface area (Å²) < 4.78 is 5.55. The minimum Gasteiger partial charge on any atom is -0.461 e. The van der Waals surface area contributed by atoms with Crippen LogP contribution >= 0.6 is 0 Å². The van der Waals surface area contributed by atoms with Crippen molar-refractivity contribution in [3.05, 3.63) is 0 Å². The number of esters is 1. The number of carbonyl (C=O) groups excluding carboxylic acids is 1. The maximum Gasteiger partial charge on any atom is 0.312 e. The molecule has 1 heterocycles. The first-order chi connectivity index (χ1) is 8.57. The number of unbranched alkanes of at least 4 members (excludes halogenated alkanes) is 2. The molecular formula is C15H27NO2. The molecule has 0 unspecified atom stereocenters. The summed E-state index contributed by atoms with van der Waals surface area (Å²) in [5.74, 6) is 0.0739. The summed E-state index contributed by atoms with van der Waals surface area (Å²) in [6, 6.07) is 0.538. The first kappa shape index (κ1) is 13.9. The summed E-state index contributed by atoms with van der Waals surface area (Å²) in [6.45, 7) is 8.75. The van der Waals surface area contributed by atoms with E-state index in [-0.39, 0.29) is 17.5 Å². The fourth-order valence-corrected chi connectivity index (χ4v) is 2.88. The molecule has 3 nitrogen and oxygen atoms in total. The highest BCUT2D eigenvalue weighted by molar-refractivity contribution is 5.82. The van der Waals surface area contributed by atoms with Gasteiger partial charge in [0, 0.05) is 19.0 Å². The molecule has 0 aromatic heterocycles. The normalized spacial score (nSPS) is 25.2. The van der Waals surface area contributed by atoms with Crippen LogP contribution in [0.1, 0.15) is 59.3 Å². The average molecular weight is 253 g/mol. The molecule has 1 aliphatic heterocycles. The van der Waals surface area contributed by atoms with Crippen molar-refractivity contribution in [3.63, 3.8) is 0 Å². The summed E-state index contributed by atoms with van der Waals surface area (Å²) >= 11 is 0. The van der Waals surface area contributed by atoms with Gasteiger partial charge in [0.2, 0.25) is 0 Å². The number of cyclic esters (lactones) is 1. The maximum absolute atomic E-state index is 11.7. The quantitative estimate of drug-likeness (QED) is 0.516. The highest BCUT2D eigenvalue weighted by Crippen LogP contribution is 2.54. The Balaban J connectivity index is 1.80. The molecule has 1 atom stereocenters. The Hall–Kier alpha value is -0.570. The van der Waals surface area contributed by atoms with Crippen LogP contribution in [0.3, 0.4) is 0 Å². The van der Waals surface area contributed by atoms with E-state index in [1.807, 2.05) is 0 Å². The van der Waals surface area contributed by atoms with E-state index in [2.05, 4.69) is 25.7 Å². The lowest BCUT2D eigenvalue weighted by Crippen LogP contribution is -2.38. The van der Waals surface area contributed by atoms with Gasteiger partial charge in [-0.15, -0.1) is 0 Å². The van der Waals surface area contributed by atoms with Crippen LogP contribution in [0.25, 0.3) is 0 Å². The first-order valence-corrected chi connectivity index (χ1v) is 7.52. The highest BCUT2D eigenvalue weighted by Gasteiger charge is 2.57. The number of ether oxygens (including phenoxy) is 1. The van der Waals surface area contributed by atoms with Gasteiger partial charge in [0.1, 0.15) is 6.10 Å². The van der Waals surface area contributed by atoms with Crippen LogP contribution in [0.4, 0.5) is 0 Å². The molecule has 2 aliphatic rings. The van der Waals surface area contributed by atoms with Gasteiger partial charge in [0.25, 0.3) is 0 Å². The monoisotopic (exact) mass is 253 g/mol. The molecule has 3 heteroatoms. The summed E-state index contributed by atoms with van der Waals surface area (Å²) in [7, 11) is 0. The van der Waals surface area contributed by atoms with Gasteiger partial charge in [-0.25, -0.2) is 0 Å². The molecule has 0 aromatic carbocycles. The summed E-state index contributed by atoms with van der Waals surface area (Å²) in [5, 5.41) is 0. The summed E-state index contributed by atoms with van der Waals surface area (Å²) in [6.07, 6.45) is 7.01. The zero-order valence-electron chi connectivity index (χ0n) is 12.1. The smallest absolute Gasteiger partial charge is 0.312 e. The Labute approximate surface area is 111 Å². The SMILES string of the molecule is CCCCCN(C[C@H]1CC2(CC2)C(=O)O1)C(C)C. The minimum absolute atomic E-state index is 0.0449. The van der Waals surface area contributed by atoms with Crippen LogP contribution < -0.4 is 0 Å². The van der Waals surface area contributed by atoms with E-state index in [1.54, 1.807) is 0 Å². The van der Waals surface area contributed by atoms with E-state index < -0.39 is 0 Å². The van der Waals surface area contributed by atoms with Gasteiger partial charge < -0.3 is 4.74 Å². The predicted octanol–water partition coefficient (Wildman–Crippen LogP) is 2.98. The average Bonchev–Trinajstić information content (AvgIpc) is 3.01. The van der Waals surface area contributed by atoms with Gasteiger partial charge in [-0.3, -0.25) is 9.69 Å². The lowest BCUT2D eigenvalue weighted by atomic mass is 10.0. The number of hydrogen-bond donors (Lipinski definition) is 0. The van der Waals surface area contributed by atoms with E-state index in [4.69, 9.17) is 4.74 Å². The number of rotatable bonds is 7. The van der Waals surface area contributed by atoms with Gasteiger partial charge in [0.15, 0.2) is 0 Å². The molecule has 0 amide bonds. The third-order valence-electron chi connectivity index (χ3n) is 4.40. The fraction of sp³-hybridized carbons (Fsp3) is 0.933. The van der Waals surface area contributed by atoms with Crippen LogP contribution in [0.2, 0.25) is 0 Å². The maximum atomic E-state index is 11.7. The Kier molecular flexibility index (Phi) is 4.31. The van der Waals surface area contributed by atoms with Crippen molar-refractivity contribution in [1.29, 1.82) is 0 Å². The molecule has 0 bridgehead atoms. The van der Waals surface area contributed by atoms with E-state index in [0.29, 0.717) is 6.04 Å². The van der Waals surface area contributed by atoms with Crippen LogP contribution in [0, 0.1) is 5.41 Å². The third-order valence-corrected chi connectivity index (χ3v) is 4.40. The number of nitrogens with zero attached hydrogens (tertiary/aromatic N) is 1. The molecule has 0 radical (unpaired) electrons. The van der Waals surface area contributed by atoms with E-state index in [0.717, 1.165) is 32.4 Å². The van der Waals surface area contributed by atoms with Crippen molar-refractivity contribution in [2.75, 3.05) is 13.1 Å². The summed E-state index contributed by atoms with van der Waals surface area (Å²) in [5.41, 5.74) is -0.0449. The van der Waals surface area contributed by atoms with Gasteiger partial charge in [0.05, 0.1) is 5.41 Å². The molecule has 1 saturated heterocycles.